The van der Waals surface area contributed by atoms with Crippen LogP contribution in [0.5, 0.6) is 0 Å². The molecular weight excluding hydrogens is 272 g/mol. The molecule has 0 saturated carbocycles. The maximum absolute atomic E-state index is 11.2. The first kappa shape index (κ1) is 20.6. The molecule has 0 fully saturated rings. The zero-order chi connectivity index (χ0) is 16.5. The number of allylic oxidation sites excluding steroid dienone is 6. The molecule has 0 aromatic rings. The molecule has 0 bridgehead atoms. The van der Waals surface area contributed by atoms with Crippen LogP contribution in [0.3, 0.4) is 0 Å². The maximum Gasteiger partial charge on any atom is 0.162 e. The second kappa shape index (κ2) is 15.9. The zero-order valence-corrected chi connectivity index (χ0v) is 14.3. The van der Waals surface area contributed by atoms with Gasteiger partial charge in [-0.1, -0.05) is 56.6 Å². The quantitative estimate of drug-likeness (QED) is 0.299. The lowest BCUT2D eigenvalue weighted by Crippen LogP contribution is -2.01. The number of ketones is 1. The van der Waals surface area contributed by atoms with Gasteiger partial charge in [0.05, 0.1) is 0 Å². The van der Waals surface area contributed by atoms with E-state index in [9.17, 15) is 9.59 Å². The van der Waals surface area contributed by atoms with Gasteiger partial charge in [-0.05, 0) is 45.1 Å². The van der Waals surface area contributed by atoms with Crippen molar-refractivity contribution in [3.05, 3.63) is 36.5 Å². The molecule has 2 heteroatoms. The van der Waals surface area contributed by atoms with Crippen molar-refractivity contribution in [2.24, 2.45) is 5.92 Å². The monoisotopic (exact) mass is 304 g/mol. The minimum atomic E-state index is 0.154. The van der Waals surface area contributed by atoms with Crippen molar-refractivity contribution in [2.75, 3.05) is 0 Å². The first-order valence-electron chi connectivity index (χ1n) is 8.68. The summed E-state index contributed by atoms with van der Waals surface area (Å²) in [5, 5.41) is 0. The Bertz CT molecular complexity index is 364. The summed E-state index contributed by atoms with van der Waals surface area (Å²) in [6, 6.07) is 0. The summed E-state index contributed by atoms with van der Waals surface area (Å²) in [6.07, 6.45) is 22.9. The third kappa shape index (κ3) is 12.3. The average molecular weight is 304 g/mol. The van der Waals surface area contributed by atoms with E-state index in [0.29, 0.717) is 6.42 Å². The number of hydrogen-bond acceptors (Lipinski definition) is 2. The predicted molar refractivity (Wildman–Crippen MR) is 94.9 cm³/mol. The van der Waals surface area contributed by atoms with Gasteiger partial charge in [0.15, 0.2) is 5.78 Å². The normalized spacial score (nSPS) is 17.2. The lowest BCUT2D eigenvalue weighted by atomic mass is 10.0. The highest BCUT2D eigenvalue weighted by Crippen LogP contribution is 2.16. The fourth-order valence-corrected chi connectivity index (χ4v) is 2.18. The molecule has 2 nitrogen and oxygen atoms in total. The van der Waals surface area contributed by atoms with E-state index >= 15 is 0 Å². The van der Waals surface area contributed by atoms with E-state index in [-0.39, 0.29) is 11.7 Å². The van der Waals surface area contributed by atoms with Crippen molar-refractivity contribution in [3.63, 3.8) is 0 Å². The van der Waals surface area contributed by atoms with E-state index in [1.807, 2.05) is 19.1 Å². The van der Waals surface area contributed by atoms with Gasteiger partial charge in [0.25, 0.3) is 0 Å². The fraction of sp³-hybridized carbons (Fsp3) is 0.600. The molecule has 0 radical (unpaired) electrons. The molecule has 0 aromatic heterocycles. The molecule has 0 amide bonds. The molecule has 0 spiro atoms. The lowest BCUT2D eigenvalue weighted by Gasteiger charge is -1.99. The van der Waals surface area contributed by atoms with Gasteiger partial charge in [0.2, 0.25) is 0 Å². The van der Waals surface area contributed by atoms with Crippen LogP contribution in [0.1, 0.15) is 71.6 Å². The van der Waals surface area contributed by atoms with Gasteiger partial charge >= 0.3 is 0 Å². The molecular formula is C20H32O2. The van der Waals surface area contributed by atoms with Gasteiger partial charge in [-0.15, -0.1) is 0 Å². The second-order valence-electron chi connectivity index (χ2n) is 5.59. The molecule has 1 atom stereocenters. The van der Waals surface area contributed by atoms with Crippen LogP contribution in [0.2, 0.25) is 0 Å². The number of unbranched alkanes of at least 4 members (excludes halogenated alkanes) is 6. The van der Waals surface area contributed by atoms with Crippen LogP contribution in [-0.2, 0) is 9.59 Å². The Balaban J connectivity index is 0.000000472. The van der Waals surface area contributed by atoms with Crippen LogP contribution in [0.25, 0.3) is 0 Å². The van der Waals surface area contributed by atoms with Crippen LogP contribution < -0.4 is 0 Å². The smallest absolute Gasteiger partial charge is 0.162 e. The van der Waals surface area contributed by atoms with Crippen LogP contribution in [0.15, 0.2) is 36.5 Å². The molecule has 1 rings (SSSR count). The Morgan fingerprint density at radius 1 is 1.09 bits per heavy atom. The van der Waals surface area contributed by atoms with E-state index in [0.717, 1.165) is 32.0 Å². The van der Waals surface area contributed by atoms with Gasteiger partial charge in [0, 0.05) is 12.3 Å². The summed E-state index contributed by atoms with van der Waals surface area (Å²) in [4.78, 5) is 20.9. The van der Waals surface area contributed by atoms with Crippen molar-refractivity contribution < 1.29 is 9.59 Å². The molecule has 1 unspecified atom stereocenters. The van der Waals surface area contributed by atoms with Crippen molar-refractivity contribution in [1.29, 1.82) is 0 Å². The van der Waals surface area contributed by atoms with E-state index in [2.05, 4.69) is 25.2 Å². The number of rotatable bonds is 10. The van der Waals surface area contributed by atoms with Crippen molar-refractivity contribution in [1.82, 2.24) is 0 Å². The Morgan fingerprint density at radius 2 is 1.86 bits per heavy atom. The topological polar surface area (TPSA) is 34.1 Å². The number of hydrogen-bond donors (Lipinski definition) is 0. The maximum atomic E-state index is 11.2. The summed E-state index contributed by atoms with van der Waals surface area (Å²) in [6.45, 7) is 4.21. The van der Waals surface area contributed by atoms with Crippen LogP contribution in [0.4, 0.5) is 0 Å². The van der Waals surface area contributed by atoms with Gasteiger partial charge in [-0.25, -0.2) is 0 Å². The molecule has 1 aliphatic rings. The number of aldehydes is 1. The highest BCUT2D eigenvalue weighted by atomic mass is 16.1. The largest absolute Gasteiger partial charge is 0.303 e. The van der Waals surface area contributed by atoms with Crippen molar-refractivity contribution >= 4 is 12.1 Å². The second-order valence-corrected chi connectivity index (χ2v) is 5.59. The molecule has 0 aromatic carbocycles. The molecule has 1 aliphatic carbocycles. The summed E-state index contributed by atoms with van der Waals surface area (Å²) in [5.41, 5.74) is 0. The van der Waals surface area contributed by atoms with E-state index in [1.165, 1.54) is 25.7 Å². The van der Waals surface area contributed by atoms with Crippen LogP contribution >= 0.6 is 0 Å². The first-order valence-corrected chi connectivity index (χ1v) is 8.68. The summed E-state index contributed by atoms with van der Waals surface area (Å²) >= 11 is 0. The standard InChI is InChI=1S/C13H20O.C7H12O/c1-2-3-4-5-6-7-9-12-10-8-11-13(12)14;1-2-3-4-5-6-7-8/h7-9,11-12H,2-6,10H2,1H3;2-3,7H,4-6H2,1H3/b9-7+;3-2-. The van der Waals surface area contributed by atoms with Gasteiger partial charge in [-0.3, -0.25) is 4.79 Å². The van der Waals surface area contributed by atoms with Crippen LogP contribution in [-0.4, -0.2) is 12.1 Å². The third-order valence-electron chi connectivity index (χ3n) is 3.56. The minimum absolute atomic E-state index is 0.154. The van der Waals surface area contributed by atoms with Crippen LogP contribution in [0, 0.1) is 5.92 Å². The minimum Gasteiger partial charge on any atom is -0.303 e. The average Bonchev–Trinajstić information content (AvgIpc) is 2.93. The Morgan fingerprint density at radius 3 is 2.45 bits per heavy atom. The highest BCUT2D eigenvalue weighted by molar-refractivity contribution is 5.95. The third-order valence-corrected chi connectivity index (χ3v) is 3.56. The zero-order valence-electron chi connectivity index (χ0n) is 14.3. The predicted octanol–water partition coefficient (Wildman–Crippen LogP) is 5.59. The molecule has 0 saturated heterocycles. The Labute approximate surface area is 136 Å². The van der Waals surface area contributed by atoms with Gasteiger partial charge in [-0.2, -0.15) is 0 Å². The SMILES string of the molecule is C/C=C\CCCC=O.CCCCCC/C=C/C1CC=CC1=O. The molecule has 0 N–H and O–H groups in total. The van der Waals surface area contributed by atoms with Crippen molar-refractivity contribution in [3.8, 4) is 0 Å². The lowest BCUT2D eigenvalue weighted by molar-refractivity contribution is -0.116. The number of carbonyl (C=O) groups excluding carboxylic acids is 2. The molecule has 22 heavy (non-hydrogen) atoms. The molecule has 124 valence electrons. The summed E-state index contributed by atoms with van der Waals surface area (Å²) < 4.78 is 0. The number of carbonyl (C=O) groups is 2. The Hall–Kier alpha value is -1.44. The molecule has 0 heterocycles. The summed E-state index contributed by atoms with van der Waals surface area (Å²) in [5.74, 6) is 0.427. The highest BCUT2D eigenvalue weighted by Gasteiger charge is 2.15. The van der Waals surface area contributed by atoms with Gasteiger partial charge < -0.3 is 4.79 Å². The molecule has 0 aliphatic heterocycles. The Kier molecular flexibility index (Phi) is 14.9. The summed E-state index contributed by atoms with van der Waals surface area (Å²) in [7, 11) is 0. The van der Waals surface area contributed by atoms with E-state index in [4.69, 9.17) is 0 Å². The van der Waals surface area contributed by atoms with E-state index in [1.54, 1.807) is 6.08 Å². The fourth-order valence-electron chi connectivity index (χ4n) is 2.18. The van der Waals surface area contributed by atoms with Gasteiger partial charge in [0.1, 0.15) is 6.29 Å². The first-order chi connectivity index (χ1) is 10.8. The van der Waals surface area contributed by atoms with E-state index < -0.39 is 0 Å². The van der Waals surface area contributed by atoms with Crippen molar-refractivity contribution in [2.45, 2.75) is 71.6 Å².